The van der Waals surface area contributed by atoms with Gasteiger partial charge in [-0.2, -0.15) is 0 Å². The van der Waals surface area contributed by atoms with Gasteiger partial charge in [-0.1, -0.05) is 17.7 Å². The molecule has 1 N–H and O–H groups in total. The Morgan fingerprint density at radius 2 is 2.10 bits per heavy atom. The summed E-state index contributed by atoms with van der Waals surface area (Å²) in [7, 11) is 2.09. The second kappa shape index (κ2) is 6.31. The summed E-state index contributed by atoms with van der Waals surface area (Å²) in [5.41, 5.74) is 2.26. The molecule has 2 aliphatic rings. The maximum Gasteiger partial charge on any atom is 0.0754 e. The van der Waals surface area contributed by atoms with Crippen molar-refractivity contribution in [3.05, 3.63) is 28.8 Å². The van der Waals surface area contributed by atoms with E-state index in [9.17, 15) is 0 Å². The average Bonchev–Trinajstić information content (AvgIpc) is 2.65. The van der Waals surface area contributed by atoms with Crippen molar-refractivity contribution < 1.29 is 9.47 Å². The summed E-state index contributed by atoms with van der Waals surface area (Å²) < 4.78 is 10.9. The van der Waals surface area contributed by atoms with Gasteiger partial charge in [0.1, 0.15) is 0 Å². The highest BCUT2D eigenvalue weighted by molar-refractivity contribution is 6.31. The van der Waals surface area contributed by atoms with Crippen molar-refractivity contribution in [1.29, 1.82) is 0 Å². The first kappa shape index (κ1) is 14.1. The third-order valence-electron chi connectivity index (χ3n) is 4.08. The van der Waals surface area contributed by atoms with Crippen LogP contribution in [0.1, 0.15) is 18.0 Å². The number of benzene rings is 1. The van der Waals surface area contributed by atoms with Crippen LogP contribution in [0.2, 0.25) is 5.02 Å². The third kappa shape index (κ3) is 2.93. The molecular formula is C15H21ClN2O2. The largest absolute Gasteiger partial charge is 0.379 e. The summed E-state index contributed by atoms with van der Waals surface area (Å²) >= 11 is 6.47. The van der Waals surface area contributed by atoms with Gasteiger partial charge in [0.05, 0.1) is 31.9 Å². The van der Waals surface area contributed by atoms with Crippen LogP contribution in [0.3, 0.4) is 0 Å². The first-order chi connectivity index (χ1) is 9.75. The van der Waals surface area contributed by atoms with E-state index in [1.54, 1.807) is 0 Å². The van der Waals surface area contributed by atoms with Crippen LogP contribution in [0.5, 0.6) is 0 Å². The molecule has 1 aromatic carbocycles. The molecule has 110 valence electrons. The van der Waals surface area contributed by atoms with Gasteiger partial charge in [0.15, 0.2) is 0 Å². The highest BCUT2D eigenvalue weighted by Gasteiger charge is 2.24. The number of nitrogens with zero attached hydrogens (tertiary/aromatic N) is 1. The Morgan fingerprint density at radius 3 is 2.80 bits per heavy atom. The number of anilines is 1. The standard InChI is InChI=1S/C15H21ClN2O2/c1-18(12-8-20-9-12)11-3-4-13(14(16)7-11)15-10-19-6-2-5-17-15/h3-4,7,12,15,17H,2,5-6,8-10H2,1H3. The van der Waals surface area contributed by atoms with E-state index in [-0.39, 0.29) is 6.04 Å². The molecule has 20 heavy (non-hydrogen) atoms. The number of rotatable bonds is 3. The molecule has 3 rings (SSSR count). The molecule has 2 fully saturated rings. The van der Waals surface area contributed by atoms with Crippen LogP contribution in [0.15, 0.2) is 18.2 Å². The van der Waals surface area contributed by atoms with Gasteiger partial charge >= 0.3 is 0 Å². The number of halogens is 1. The lowest BCUT2D eigenvalue weighted by Gasteiger charge is -2.36. The molecule has 0 radical (unpaired) electrons. The van der Waals surface area contributed by atoms with Gasteiger partial charge in [0.25, 0.3) is 0 Å². The molecule has 4 nitrogen and oxygen atoms in total. The molecule has 0 saturated carbocycles. The van der Waals surface area contributed by atoms with Crippen molar-refractivity contribution >= 4 is 17.3 Å². The number of ether oxygens (including phenoxy) is 2. The Labute approximate surface area is 125 Å². The van der Waals surface area contributed by atoms with Gasteiger partial charge in [-0.25, -0.2) is 0 Å². The van der Waals surface area contributed by atoms with Gasteiger partial charge in [0.2, 0.25) is 0 Å². The molecule has 0 aromatic heterocycles. The number of nitrogens with one attached hydrogen (secondary N) is 1. The molecule has 0 aliphatic carbocycles. The zero-order chi connectivity index (χ0) is 13.9. The third-order valence-corrected chi connectivity index (χ3v) is 4.40. The van der Waals surface area contributed by atoms with Crippen molar-refractivity contribution in [2.75, 3.05) is 44.9 Å². The minimum absolute atomic E-state index is 0.191. The van der Waals surface area contributed by atoms with Gasteiger partial charge < -0.3 is 19.7 Å². The lowest BCUT2D eigenvalue weighted by Crippen LogP contribution is -2.47. The Bertz CT molecular complexity index is 457. The number of likely N-dealkylation sites (N-methyl/N-ethyl adjacent to an activating group) is 1. The fraction of sp³-hybridized carbons (Fsp3) is 0.600. The SMILES string of the molecule is CN(c1ccc(C2COCCCN2)c(Cl)c1)C1COC1. The molecule has 5 heteroatoms. The molecule has 1 aromatic rings. The summed E-state index contributed by atoms with van der Waals surface area (Å²) in [4.78, 5) is 2.23. The zero-order valence-electron chi connectivity index (χ0n) is 11.8. The predicted molar refractivity (Wildman–Crippen MR) is 80.6 cm³/mol. The Kier molecular flexibility index (Phi) is 4.46. The molecule has 2 aliphatic heterocycles. The number of hydrogen-bond donors (Lipinski definition) is 1. The van der Waals surface area contributed by atoms with Crippen LogP contribution in [0, 0.1) is 0 Å². The smallest absolute Gasteiger partial charge is 0.0754 e. The lowest BCUT2D eigenvalue weighted by atomic mass is 10.1. The Balaban J connectivity index is 1.75. The van der Waals surface area contributed by atoms with E-state index >= 15 is 0 Å². The van der Waals surface area contributed by atoms with Crippen LogP contribution >= 0.6 is 11.6 Å². The lowest BCUT2D eigenvalue weighted by molar-refractivity contribution is 0.0101. The van der Waals surface area contributed by atoms with Gasteiger partial charge in [-0.05, 0) is 30.7 Å². The van der Waals surface area contributed by atoms with Crippen LogP contribution in [-0.4, -0.2) is 46.1 Å². The highest BCUT2D eigenvalue weighted by Crippen LogP contribution is 2.30. The van der Waals surface area contributed by atoms with Crippen LogP contribution < -0.4 is 10.2 Å². The molecule has 0 amide bonds. The Hall–Kier alpha value is -0.810. The first-order valence-electron chi connectivity index (χ1n) is 7.17. The first-order valence-corrected chi connectivity index (χ1v) is 7.54. The van der Waals surface area contributed by atoms with Gasteiger partial charge in [-0.15, -0.1) is 0 Å². The normalized spacial score (nSPS) is 24.0. The molecule has 0 spiro atoms. The number of hydrogen-bond acceptors (Lipinski definition) is 4. The van der Waals surface area contributed by atoms with Crippen molar-refractivity contribution in [2.45, 2.75) is 18.5 Å². The predicted octanol–water partition coefficient (Wildman–Crippen LogP) is 2.23. The maximum atomic E-state index is 6.47. The van der Waals surface area contributed by atoms with E-state index in [4.69, 9.17) is 21.1 Å². The minimum atomic E-state index is 0.191. The van der Waals surface area contributed by atoms with Crippen molar-refractivity contribution in [2.24, 2.45) is 0 Å². The zero-order valence-corrected chi connectivity index (χ0v) is 12.5. The molecule has 2 heterocycles. The average molecular weight is 297 g/mol. The van der Waals surface area contributed by atoms with Crippen molar-refractivity contribution in [1.82, 2.24) is 5.32 Å². The van der Waals surface area contributed by atoms with Crippen molar-refractivity contribution in [3.8, 4) is 0 Å². The second-order valence-corrected chi connectivity index (χ2v) is 5.85. The van der Waals surface area contributed by atoms with E-state index in [0.29, 0.717) is 12.6 Å². The van der Waals surface area contributed by atoms with Crippen LogP contribution in [-0.2, 0) is 9.47 Å². The molecular weight excluding hydrogens is 276 g/mol. The summed E-state index contributed by atoms with van der Waals surface area (Å²) in [5, 5.41) is 4.29. The summed E-state index contributed by atoms with van der Waals surface area (Å²) in [6.45, 7) is 4.08. The molecule has 2 saturated heterocycles. The van der Waals surface area contributed by atoms with Crippen LogP contribution in [0.4, 0.5) is 5.69 Å². The summed E-state index contributed by atoms with van der Waals surface area (Å²) in [6, 6.07) is 6.95. The van der Waals surface area contributed by atoms with E-state index in [2.05, 4.69) is 29.4 Å². The maximum absolute atomic E-state index is 6.47. The Morgan fingerprint density at radius 1 is 1.25 bits per heavy atom. The van der Waals surface area contributed by atoms with Gasteiger partial charge in [-0.3, -0.25) is 0 Å². The van der Waals surface area contributed by atoms with E-state index < -0.39 is 0 Å². The van der Waals surface area contributed by atoms with Crippen LogP contribution in [0.25, 0.3) is 0 Å². The topological polar surface area (TPSA) is 33.7 Å². The summed E-state index contributed by atoms with van der Waals surface area (Å²) in [6.07, 6.45) is 1.05. The molecule has 0 bridgehead atoms. The van der Waals surface area contributed by atoms with E-state index in [0.717, 1.165) is 49.1 Å². The quantitative estimate of drug-likeness (QED) is 0.927. The van der Waals surface area contributed by atoms with Crippen molar-refractivity contribution in [3.63, 3.8) is 0 Å². The van der Waals surface area contributed by atoms with E-state index in [1.165, 1.54) is 0 Å². The molecule has 1 unspecified atom stereocenters. The summed E-state index contributed by atoms with van der Waals surface area (Å²) in [5.74, 6) is 0. The fourth-order valence-corrected chi connectivity index (χ4v) is 2.89. The van der Waals surface area contributed by atoms with Gasteiger partial charge in [0, 0.05) is 24.4 Å². The molecule has 1 atom stereocenters. The fourth-order valence-electron chi connectivity index (χ4n) is 2.59. The second-order valence-electron chi connectivity index (χ2n) is 5.44. The highest BCUT2D eigenvalue weighted by atomic mass is 35.5. The minimum Gasteiger partial charge on any atom is -0.379 e. The van der Waals surface area contributed by atoms with E-state index in [1.807, 2.05) is 6.07 Å². The monoisotopic (exact) mass is 296 g/mol.